The van der Waals surface area contributed by atoms with Crippen LogP contribution in [0.1, 0.15) is 97.8 Å². The molecule has 0 saturated carbocycles. The molecule has 1 aromatic rings. The first-order chi connectivity index (χ1) is 15.6. The first-order valence-corrected chi connectivity index (χ1v) is 12.9. The smallest absolute Gasteiger partial charge is 0.347 e. The lowest BCUT2D eigenvalue weighted by molar-refractivity contribution is -0.821. The van der Waals surface area contributed by atoms with Gasteiger partial charge in [-0.05, 0) is 38.3 Å². The molecule has 0 spiro atoms. The van der Waals surface area contributed by atoms with Gasteiger partial charge in [-0.15, -0.1) is 10.0 Å². The van der Waals surface area contributed by atoms with E-state index < -0.39 is 6.03 Å². The molecule has 182 valence electrons. The normalized spacial score (nSPS) is 11.8. The maximum atomic E-state index is 13.6. The summed E-state index contributed by atoms with van der Waals surface area (Å²) in [6.07, 6.45) is 13.9. The number of para-hydroxylation sites is 1. The summed E-state index contributed by atoms with van der Waals surface area (Å²) >= 11 is 0. The number of unbranched alkanes of at least 4 members (excludes halogenated alkanes) is 10. The Morgan fingerprint density at radius 2 is 1.31 bits per heavy atom. The number of primary amides is 1. The fourth-order valence-corrected chi connectivity index (χ4v) is 4.05. The van der Waals surface area contributed by atoms with Gasteiger partial charge < -0.3 is 5.73 Å². The van der Waals surface area contributed by atoms with Gasteiger partial charge in [0.2, 0.25) is 0 Å². The van der Waals surface area contributed by atoms with E-state index in [1.54, 1.807) is 0 Å². The third kappa shape index (κ3) is 10.5. The second-order valence-electron chi connectivity index (χ2n) is 8.63. The highest BCUT2D eigenvalue weighted by molar-refractivity contribution is 5.89. The molecule has 6 heteroatoms. The summed E-state index contributed by atoms with van der Waals surface area (Å²) < 4.78 is 0. The van der Waals surface area contributed by atoms with Gasteiger partial charge in [0.15, 0.2) is 0 Å². The molecule has 0 aliphatic rings. The van der Waals surface area contributed by atoms with Crippen LogP contribution in [0, 0.1) is 0 Å². The number of rotatable bonds is 16. The van der Waals surface area contributed by atoms with E-state index in [2.05, 4.69) is 13.8 Å². The number of carbonyl (C=O) groups is 2. The van der Waals surface area contributed by atoms with Gasteiger partial charge in [0.25, 0.3) is 0 Å². The Bertz CT molecular complexity index is 624. The molecule has 0 heterocycles. The van der Waals surface area contributed by atoms with Crippen molar-refractivity contribution in [3.8, 4) is 0 Å². The van der Waals surface area contributed by atoms with Crippen LogP contribution in [0.2, 0.25) is 0 Å². The van der Waals surface area contributed by atoms with Gasteiger partial charge in [0.1, 0.15) is 12.2 Å². The van der Waals surface area contributed by atoms with Crippen molar-refractivity contribution in [2.45, 2.75) is 97.8 Å². The Morgan fingerprint density at radius 3 is 1.84 bits per heavy atom. The van der Waals surface area contributed by atoms with E-state index in [0.29, 0.717) is 23.8 Å². The molecule has 32 heavy (non-hydrogen) atoms. The van der Waals surface area contributed by atoms with Gasteiger partial charge in [-0.2, -0.15) is 0 Å². The van der Waals surface area contributed by atoms with Crippen LogP contribution in [-0.4, -0.2) is 36.6 Å². The first kappa shape index (κ1) is 28.0. The average Bonchev–Trinajstić information content (AvgIpc) is 2.80. The lowest BCUT2D eigenvalue weighted by Gasteiger charge is -2.31. The Morgan fingerprint density at radius 1 is 0.781 bits per heavy atom. The molecular weight excluding hydrogens is 400 g/mol. The van der Waals surface area contributed by atoms with Gasteiger partial charge in [-0.25, -0.2) is 9.59 Å². The van der Waals surface area contributed by atoms with E-state index in [-0.39, 0.29) is 6.03 Å². The van der Waals surface area contributed by atoms with E-state index in [0.717, 1.165) is 38.6 Å². The second kappa shape index (κ2) is 17.5. The number of hydrogen-bond acceptors (Lipinski definition) is 2. The Balaban J connectivity index is 2.86. The first-order valence-electron chi connectivity index (χ1n) is 12.9. The molecule has 1 rings (SSSR count). The van der Waals surface area contributed by atoms with Crippen molar-refractivity contribution in [2.75, 3.05) is 24.6 Å². The van der Waals surface area contributed by atoms with Crippen LogP contribution in [0.15, 0.2) is 30.3 Å². The minimum Gasteiger partial charge on any atom is -0.347 e. The van der Waals surface area contributed by atoms with Gasteiger partial charge in [0.05, 0.1) is 0 Å². The molecule has 1 unspecified atom stereocenters. The molecule has 1 aromatic carbocycles. The molecule has 0 saturated heterocycles. The number of anilines is 1. The zero-order chi connectivity index (χ0) is 23.6. The topological polar surface area (TPSA) is 71.1 Å². The number of amides is 4. The number of nitrogens with one attached hydrogen (secondary N) is 1. The Labute approximate surface area is 196 Å². The van der Waals surface area contributed by atoms with Crippen molar-refractivity contribution in [1.82, 2.24) is 4.90 Å². The summed E-state index contributed by atoms with van der Waals surface area (Å²) in [6, 6.07) is 8.65. The summed E-state index contributed by atoms with van der Waals surface area (Å²) in [7, 11) is 0. The summed E-state index contributed by atoms with van der Waals surface area (Å²) in [6.45, 7) is 8.36. The molecule has 1 atom stereocenters. The Hall–Kier alpha value is -2.08. The maximum Gasteiger partial charge on any atom is 0.442 e. The molecular formula is C26H47N4O2+. The summed E-state index contributed by atoms with van der Waals surface area (Å²) in [4.78, 5) is 27.9. The van der Waals surface area contributed by atoms with Crippen molar-refractivity contribution in [3.05, 3.63) is 30.3 Å². The third-order valence-electron chi connectivity index (χ3n) is 5.97. The SMILES string of the molecule is CCCCCCCCN(CC)C(=O)[NH+](CCCCCCCC)N(C(N)=O)c1ccccc1. The molecule has 0 fully saturated rings. The minimum absolute atomic E-state index is 0.0581. The van der Waals surface area contributed by atoms with Crippen molar-refractivity contribution < 1.29 is 14.6 Å². The maximum absolute atomic E-state index is 13.6. The number of urea groups is 2. The number of nitrogens with two attached hydrogens (primary N) is 1. The lowest BCUT2D eigenvalue weighted by atomic mass is 10.1. The molecule has 3 N–H and O–H groups in total. The molecule has 0 aromatic heterocycles. The summed E-state index contributed by atoms with van der Waals surface area (Å²) in [5, 5.41) is 1.94. The van der Waals surface area contributed by atoms with Gasteiger partial charge in [-0.3, -0.25) is 4.90 Å². The van der Waals surface area contributed by atoms with Crippen LogP contribution in [0.5, 0.6) is 0 Å². The molecule has 0 bridgehead atoms. The average molecular weight is 448 g/mol. The van der Waals surface area contributed by atoms with Crippen molar-refractivity contribution >= 4 is 17.7 Å². The van der Waals surface area contributed by atoms with Crippen molar-refractivity contribution in [1.29, 1.82) is 0 Å². The molecule has 6 nitrogen and oxygen atoms in total. The highest BCUT2D eigenvalue weighted by Gasteiger charge is 2.34. The van der Waals surface area contributed by atoms with Gasteiger partial charge in [0, 0.05) is 13.1 Å². The molecule has 0 radical (unpaired) electrons. The van der Waals surface area contributed by atoms with Crippen molar-refractivity contribution in [2.24, 2.45) is 5.73 Å². The van der Waals surface area contributed by atoms with Gasteiger partial charge in [-0.1, -0.05) is 89.8 Å². The molecule has 0 aliphatic carbocycles. The number of hydrogen-bond donors (Lipinski definition) is 2. The van der Waals surface area contributed by atoms with E-state index >= 15 is 0 Å². The zero-order valence-electron chi connectivity index (χ0n) is 20.8. The third-order valence-corrected chi connectivity index (χ3v) is 5.97. The largest absolute Gasteiger partial charge is 0.442 e. The minimum atomic E-state index is -0.596. The number of benzene rings is 1. The lowest BCUT2D eigenvalue weighted by Crippen LogP contribution is -3.23. The fraction of sp³-hybridized carbons (Fsp3) is 0.692. The summed E-state index contributed by atoms with van der Waals surface area (Å²) in [5.74, 6) is 0. The van der Waals surface area contributed by atoms with Crippen LogP contribution in [0.4, 0.5) is 15.3 Å². The number of carbonyl (C=O) groups excluding carboxylic acids is 2. The summed E-state index contributed by atoms with van der Waals surface area (Å²) in [5.41, 5.74) is 6.44. The van der Waals surface area contributed by atoms with Crippen LogP contribution in [0.25, 0.3) is 0 Å². The Kier molecular flexibility index (Phi) is 15.3. The predicted octanol–water partition coefficient (Wildman–Crippen LogP) is 5.53. The van der Waals surface area contributed by atoms with E-state index in [4.69, 9.17) is 5.73 Å². The quantitative estimate of drug-likeness (QED) is 0.258. The van der Waals surface area contributed by atoms with Gasteiger partial charge >= 0.3 is 12.1 Å². The highest BCUT2D eigenvalue weighted by Crippen LogP contribution is 2.10. The van der Waals surface area contributed by atoms with Crippen molar-refractivity contribution in [3.63, 3.8) is 0 Å². The predicted molar refractivity (Wildman–Crippen MR) is 134 cm³/mol. The van der Waals surface area contributed by atoms with E-state index in [9.17, 15) is 9.59 Å². The molecule has 4 amide bonds. The van der Waals surface area contributed by atoms with Crippen LogP contribution in [0.3, 0.4) is 0 Å². The number of nitrogens with zero attached hydrogens (tertiary/aromatic N) is 2. The van der Waals surface area contributed by atoms with Crippen LogP contribution >= 0.6 is 0 Å². The second-order valence-corrected chi connectivity index (χ2v) is 8.63. The van der Waals surface area contributed by atoms with Crippen LogP contribution in [-0.2, 0) is 0 Å². The monoisotopic (exact) mass is 447 g/mol. The highest BCUT2D eigenvalue weighted by atomic mass is 16.2. The standard InChI is InChI=1S/C26H46N4O2/c1-4-7-9-11-13-18-22-28(6-3)26(32)29(23-19-14-12-10-8-5-2)30(25(27)31)24-20-16-15-17-21-24/h15-17,20-21H,4-14,18-19,22-23H2,1-3H3,(H2,27,31)/p+1. The number of quaternary nitrogens is 1. The van der Waals surface area contributed by atoms with E-state index in [1.807, 2.05) is 42.2 Å². The zero-order valence-corrected chi connectivity index (χ0v) is 20.8. The molecule has 0 aliphatic heterocycles. The van der Waals surface area contributed by atoms with Crippen LogP contribution < -0.4 is 15.8 Å². The van der Waals surface area contributed by atoms with E-state index in [1.165, 1.54) is 50.0 Å². The fourth-order valence-electron chi connectivity index (χ4n) is 4.05.